The minimum Gasteiger partial charge on any atom is -0.383 e. The molecule has 2 heterocycles. The molecule has 3 aromatic carbocycles. The Morgan fingerprint density at radius 2 is 1.65 bits per heavy atom. The van der Waals surface area contributed by atoms with Gasteiger partial charge < -0.3 is 5.32 Å². The lowest BCUT2D eigenvalue weighted by Gasteiger charge is -2.13. The van der Waals surface area contributed by atoms with Crippen molar-refractivity contribution in [2.24, 2.45) is 9.98 Å². The fourth-order valence-corrected chi connectivity index (χ4v) is 3.64. The maximum Gasteiger partial charge on any atom is 0.0740 e. The van der Waals surface area contributed by atoms with E-state index in [1.165, 1.54) is 27.8 Å². The molecule has 0 fully saturated rings. The molecule has 0 bridgehead atoms. The lowest BCUT2D eigenvalue weighted by Crippen LogP contribution is -2.05. The van der Waals surface area contributed by atoms with Crippen LogP contribution in [-0.2, 0) is 6.54 Å². The molecule has 0 aromatic heterocycles. The first-order chi connectivity index (χ1) is 12.9. The van der Waals surface area contributed by atoms with E-state index in [4.69, 9.17) is 4.99 Å². The second-order valence-electron chi connectivity index (χ2n) is 6.67. The van der Waals surface area contributed by atoms with Gasteiger partial charge in [-0.25, -0.2) is 0 Å². The number of anilines is 1. The summed E-state index contributed by atoms with van der Waals surface area (Å²) < 4.78 is 0. The predicted molar refractivity (Wildman–Crippen MR) is 109 cm³/mol. The van der Waals surface area contributed by atoms with E-state index in [0.29, 0.717) is 0 Å². The van der Waals surface area contributed by atoms with Gasteiger partial charge in [0, 0.05) is 29.6 Å². The first-order valence-electron chi connectivity index (χ1n) is 9.00. The maximum atomic E-state index is 4.86. The quantitative estimate of drug-likeness (QED) is 0.732. The van der Waals surface area contributed by atoms with Crippen molar-refractivity contribution in [2.45, 2.75) is 6.54 Å². The van der Waals surface area contributed by atoms with E-state index < -0.39 is 0 Å². The van der Waals surface area contributed by atoms with Crippen LogP contribution >= 0.6 is 0 Å². The lowest BCUT2D eigenvalue weighted by molar-refractivity contribution is 1.04. The van der Waals surface area contributed by atoms with Crippen molar-refractivity contribution in [3.8, 4) is 11.1 Å². The van der Waals surface area contributed by atoms with Crippen LogP contribution in [0.1, 0.15) is 22.3 Å². The van der Waals surface area contributed by atoms with Crippen LogP contribution in [0.3, 0.4) is 0 Å². The number of benzene rings is 3. The highest BCUT2D eigenvalue weighted by atomic mass is 14.9. The Morgan fingerprint density at radius 3 is 2.58 bits per heavy atom. The summed E-state index contributed by atoms with van der Waals surface area (Å²) in [6, 6.07) is 23.7. The van der Waals surface area contributed by atoms with E-state index in [-0.39, 0.29) is 0 Å². The van der Waals surface area contributed by atoms with Crippen molar-refractivity contribution in [1.82, 2.24) is 0 Å². The number of aliphatic imine (C=N–C) groups is 2. The molecule has 1 N–H and O–H groups in total. The van der Waals surface area contributed by atoms with Gasteiger partial charge in [-0.1, -0.05) is 48.5 Å². The number of hydrogen-bond acceptors (Lipinski definition) is 3. The number of nitrogens with one attached hydrogen (secondary N) is 1. The Hall–Kier alpha value is -3.20. The third kappa shape index (κ3) is 2.62. The van der Waals surface area contributed by atoms with Crippen molar-refractivity contribution >= 4 is 17.6 Å². The molecule has 0 unspecified atom stereocenters. The highest BCUT2D eigenvalue weighted by Gasteiger charge is 2.16. The smallest absolute Gasteiger partial charge is 0.0740 e. The van der Waals surface area contributed by atoms with Crippen LogP contribution in [0.15, 0.2) is 76.7 Å². The first-order valence-corrected chi connectivity index (χ1v) is 9.00. The molecule has 126 valence electrons. The molecule has 0 amide bonds. The molecule has 0 spiro atoms. The van der Waals surface area contributed by atoms with Gasteiger partial charge in [0.2, 0.25) is 0 Å². The molecule has 2 aliphatic rings. The fraction of sp³-hybridized carbons (Fsp3) is 0.130. The average molecular weight is 337 g/mol. The van der Waals surface area contributed by atoms with Gasteiger partial charge in [-0.15, -0.1) is 0 Å². The summed E-state index contributed by atoms with van der Waals surface area (Å²) in [5.41, 5.74) is 9.50. The number of rotatable bonds is 2. The molecule has 2 aliphatic heterocycles. The Bertz CT molecular complexity index is 1030. The van der Waals surface area contributed by atoms with Gasteiger partial charge in [0.1, 0.15) is 0 Å². The van der Waals surface area contributed by atoms with Crippen LogP contribution in [0, 0.1) is 0 Å². The summed E-state index contributed by atoms with van der Waals surface area (Å²) in [5, 5.41) is 3.51. The SMILES string of the molecule is C1=NCc2ccc(-c3ccc4c(c3)C(c3ccccc3)=NCCN4)cc21. The van der Waals surface area contributed by atoms with E-state index in [2.05, 4.69) is 71.0 Å². The minimum absolute atomic E-state index is 0.781. The number of nitrogens with zero attached hydrogens (tertiary/aromatic N) is 2. The van der Waals surface area contributed by atoms with Gasteiger partial charge in [-0.3, -0.25) is 9.98 Å². The Balaban J connectivity index is 1.63. The molecule has 3 aromatic rings. The number of fused-ring (bicyclic) bond motifs is 2. The molecule has 0 saturated heterocycles. The van der Waals surface area contributed by atoms with E-state index in [1.54, 1.807) is 0 Å². The maximum absolute atomic E-state index is 4.86. The standard InChI is InChI=1S/C23H19N3/c1-2-4-16(5-3-1)23-21-13-18(8-9-22(21)25-10-11-26-23)17-6-7-19-14-24-15-20(19)12-17/h1-9,12-13,15,25H,10-11,14H2. The summed E-state index contributed by atoms with van der Waals surface area (Å²) in [4.78, 5) is 9.23. The van der Waals surface area contributed by atoms with Crippen LogP contribution in [0.25, 0.3) is 11.1 Å². The number of hydrogen-bond donors (Lipinski definition) is 1. The summed E-state index contributed by atoms with van der Waals surface area (Å²) in [5.74, 6) is 0. The average Bonchev–Trinajstić information content (AvgIpc) is 3.06. The summed E-state index contributed by atoms with van der Waals surface area (Å²) in [6.07, 6.45) is 1.97. The first kappa shape index (κ1) is 15.1. The van der Waals surface area contributed by atoms with Crippen molar-refractivity contribution in [3.05, 3.63) is 89.0 Å². The highest BCUT2D eigenvalue weighted by Crippen LogP contribution is 2.30. The molecule has 26 heavy (non-hydrogen) atoms. The van der Waals surface area contributed by atoms with Gasteiger partial charge in [0.25, 0.3) is 0 Å². The summed E-state index contributed by atoms with van der Waals surface area (Å²) >= 11 is 0. The van der Waals surface area contributed by atoms with Crippen molar-refractivity contribution in [2.75, 3.05) is 18.4 Å². The van der Waals surface area contributed by atoms with Crippen LogP contribution in [0.5, 0.6) is 0 Å². The Kier molecular flexibility index (Phi) is 3.64. The third-order valence-corrected chi connectivity index (χ3v) is 4.99. The topological polar surface area (TPSA) is 36.8 Å². The molecule has 5 rings (SSSR count). The number of benzodiazepines with no additional fused rings is 1. The van der Waals surface area contributed by atoms with Crippen LogP contribution in [-0.4, -0.2) is 25.0 Å². The van der Waals surface area contributed by atoms with Gasteiger partial charge >= 0.3 is 0 Å². The molecule has 3 heteroatoms. The third-order valence-electron chi connectivity index (χ3n) is 4.99. The zero-order valence-corrected chi connectivity index (χ0v) is 14.4. The fourth-order valence-electron chi connectivity index (χ4n) is 3.64. The zero-order chi connectivity index (χ0) is 17.3. The molecule has 0 saturated carbocycles. The summed E-state index contributed by atoms with van der Waals surface area (Å²) in [7, 11) is 0. The predicted octanol–water partition coefficient (Wildman–Crippen LogP) is 4.55. The minimum atomic E-state index is 0.781. The van der Waals surface area contributed by atoms with Gasteiger partial charge in [-0.05, 0) is 40.5 Å². The van der Waals surface area contributed by atoms with Gasteiger partial charge in [0.15, 0.2) is 0 Å². The van der Waals surface area contributed by atoms with Crippen LogP contribution in [0.2, 0.25) is 0 Å². The molecule has 3 nitrogen and oxygen atoms in total. The van der Waals surface area contributed by atoms with Crippen molar-refractivity contribution < 1.29 is 0 Å². The second-order valence-corrected chi connectivity index (χ2v) is 6.67. The normalized spacial score (nSPS) is 14.8. The van der Waals surface area contributed by atoms with E-state index in [0.717, 1.165) is 36.6 Å². The van der Waals surface area contributed by atoms with E-state index >= 15 is 0 Å². The lowest BCUT2D eigenvalue weighted by atomic mass is 9.94. The molecule has 0 radical (unpaired) electrons. The summed E-state index contributed by atoms with van der Waals surface area (Å²) in [6.45, 7) is 2.44. The highest BCUT2D eigenvalue weighted by molar-refractivity contribution is 6.16. The van der Waals surface area contributed by atoms with E-state index in [9.17, 15) is 0 Å². The van der Waals surface area contributed by atoms with Crippen LogP contribution in [0.4, 0.5) is 5.69 Å². The molecular weight excluding hydrogens is 318 g/mol. The monoisotopic (exact) mass is 337 g/mol. The zero-order valence-electron chi connectivity index (χ0n) is 14.4. The largest absolute Gasteiger partial charge is 0.383 e. The van der Waals surface area contributed by atoms with Crippen molar-refractivity contribution in [3.63, 3.8) is 0 Å². The van der Waals surface area contributed by atoms with Gasteiger partial charge in [0.05, 0.1) is 18.8 Å². The molecule has 0 atom stereocenters. The van der Waals surface area contributed by atoms with Gasteiger partial charge in [-0.2, -0.15) is 0 Å². The molecule has 0 aliphatic carbocycles. The Morgan fingerprint density at radius 1 is 0.808 bits per heavy atom. The van der Waals surface area contributed by atoms with E-state index in [1.807, 2.05) is 12.3 Å². The molecular formula is C23H19N3. The Labute approximate surface area is 153 Å². The van der Waals surface area contributed by atoms with Crippen molar-refractivity contribution in [1.29, 1.82) is 0 Å². The van der Waals surface area contributed by atoms with Crippen LogP contribution < -0.4 is 5.32 Å². The second kappa shape index (κ2) is 6.26.